The standard InChI is InChI=1S/C13H15Cl2NO/c1-8(2)9-3-5-10(6-4-9)16-12(17)11-7-13(11,14)15/h3-6,8,11H,7H2,1-2H3,(H,16,17)/t11-/m0/s1. The molecule has 0 aromatic heterocycles. The number of carbonyl (C=O) groups excluding carboxylic acids is 1. The number of nitrogens with one attached hydrogen (secondary N) is 1. The second-order valence-corrected chi connectivity index (χ2v) is 6.33. The monoisotopic (exact) mass is 271 g/mol. The van der Waals surface area contributed by atoms with Gasteiger partial charge < -0.3 is 5.32 Å². The Labute approximate surface area is 111 Å². The fourth-order valence-electron chi connectivity index (χ4n) is 1.68. The van der Waals surface area contributed by atoms with Gasteiger partial charge in [0, 0.05) is 5.69 Å². The highest BCUT2D eigenvalue weighted by molar-refractivity contribution is 6.52. The minimum absolute atomic E-state index is 0.104. The van der Waals surface area contributed by atoms with Crippen LogP contribution < -0.4 is 5.32 Å². The second-order valence-electron chi connectivity index (χ2n) is 4.78. The number of halogens is 2. The Morgan fingerprint density at radius 1 is 1.35 bits per heavy atom. The zero-order valence-corrected chi connectivity index (χ0v) is 11.3. The lowest BCUT2D eigenvalue weighted by atomic mass is 10.0. The normalized spacial score (nSPS) is 21.4. The van der Waals surface area contributed by atoms with Crippen molar-refractivity contribution in [3.63, 3.8) is 0 Å². The number of hydrogen-bond donors (Lipinski definition) is 1. The summed E-state index contributed by atoms with van der Waals surface area (Å²) in [7, 11) is 0. The van der Waals surface area contributed by atoms with E-state index >= 15 is 0 Å². The maximum absolute atomic E-state index is 11.7. The predicted octanol–water partition coefficient (Wildman–Crippen LogP) is 3.94. The molecule has 0 radical (unpaired) electrons. The van der Waals surface area contributed by atoms with Crippen molar-refractivity contribution in [2.45, 2.75) is 30.5 Å². The second kappa shape index (κ2) is 4.51. The minimum Gasteiger partial charge on any atom is -0.326 e. The van der Waals surface area contributed by atoms with Crippen LogP contribution in [0.4, 0.5) is 5.69 Å². The summed E-state index contributed by atoms with van der Waals surface area (Å²) in [5, 5.41) is 2.82. The molecule has 1 aliphatic rings. The first-order valence-electron chi connectivity index (χ1n) is 5.69. The Balaban J connectivity index is 1.98. The molecule has 0 unspecified atom stereocenters. The van der Waals surface area contributed by atoms with Crippen molar-refractivity contribution in [3.05, 3.63) is 29.8 Å². The zero-order valence-electron chi connectivity index (χ0n) is 9.84. The SMILES string of the molecule is CC(C)c1ccc(NC(=O)[C@@H]2CC2(Cl)Cl)cc1. The highest BCUT2D eigenvalue weighted by atomic mass is 35.5. The van der Waals surface area contributed by atoms with Crippen molar-refractivity contribution in [2.24, 2.45) is 5.92 Å². The summed E-state index contributed by atoms with van der Waals surface area (Å²) in [6.07, 6.45) is 0.534. The molecule has 1 aliphatic carbocycles. The summed E-state index contributed by atoms with van der Waals surface area (Å²) < 4.78 is -0.859. The summed E-state index contributed by atoms with van der Waals surface area (Å²) in [4.78, 5) is 11.7. The van der Waals surface area contributed by atoms with Gasteiger partial charge in [0.1, 0.15) is 4.33 Å². The fourth-order valence-corrected chi connectivity index (χ4v) is 2.19. The molecule has 17 heavy (non-hydrogen) atoms. The van der Waals surface area contributed by atoms with Crippen LogP contribution in [0.1, 0.15) is 31.7 Å². The van der Waals surface area contributed by atoms with Crippen molar-refractivity contribution in [2.75, 3.05) is 5.32 Å². The minimum atomic E-state index is -0.859. The Hall–Kier alpha value is -0.730. The number of amides is 1. The average Bonchev–Trinajstić information content (AvgIpc) is 2.89. The van der Waals surface area contributed by atoms with Crippen LogP contribution in [0.15, 0.2) is 24.3 Å². The molecule has 2 rings (SSSR count). The van der Waals surface area contributed by atoms with Crippen LogP contribution in [-0.2, 0) is 4.79 Å². The lowest BCUT2D eigenvalue weighted by molar-refractivity contribution is -0.117. The first-order valence-corrected chi connectivity index (χ1v) is 6.44. The van der Waals surface area contributed by atoms with E-state index in [9.17, 15) is 4.79 Å². The van der Waals surface area contributed by atoms with E-state index in [1.807, 2.05) is 24.3 Å². The van der Waals surface area contributed by atoms with Crippen LogP contribution in [0.25, 0.3) is 0 Å². The molecule has 1 N–H and O–H groups in total. The third-order valence-corrected chi connectivity index (χ3v) is 3.82. The Bertz CT molecular complexity index is 426. The van der Waals surface area contributed by atoms with Gasteiger partial charge in [0.15, 0.2) is 0 Å². The molecule has 4 heteroatoms. The van der Waals surface area contributed by atoms with Crippen LogP contribution in [0.3, 0.4) is 0 Å². The Morgan fingerprint density at radius 3 is 2.29 bits per heavy atom. The van der Waals surface area contributed by atoms with Crippen LogP contribution in [0, 0.1) is 5.92 Å². The Kier molecular flexibility index (Phi) is 3.37. The molecule has 0 saturated heterocycles. The van der Waals surface area contributed by atoms with E-state index < -0.39 is 4.33 Å². The molecule has 1 aromatic rings. The van der Waals surface area contributed by atoms with E-state index in [2.05, 4.69) is 19.2 Å². The maximum Gasteiger partial charge on any atom is 0.230 e. The lowest BCUT2D eigenvalue weighted by Gasteiger charge is -2.08. The highest BCUT2D eigenvalue weighted by Gasteiger charge is 2.56. The molecule has 1 aromatic carbocycles. The van der Waals surface area contributed by atoms with Crippen molar-refractivity contribution in [1.29, 1.82) is 0 Å². The van der Waals surface area contributed by atoms with Gasteiger partial charge in [-0.1, -0.05) is 26.0 Å². The first-order chi connectivity index (χ1) is 7.90. The van der Waals surface area contributed by atoms with Crippen LogP contribution in [0.5, 0.6) is 0 Å². The van der Waals surface area contributed by atoms with E-state index in [1.165, 1.54) is 5.56 Å². The molecule has 0 spiro atoms. The summed E-state index contributed by atoms with van der Waals surface area (Å²) in [5.74, 6) is 0.101. The van der Waals surface area contributed by atoms with Gasteiger partial charge in [-0.05, 0) is 30.0 Å². The summed E-state index contributed by atoms with van der Waals surface area (Å²) in [6.45, 7) is 4.26. The van der Waals surface area contributed by atoms with Crippen LogP contribution in [-0.4, -0.2) is 10.2 Å². The number of alkyl halides is 2. The number of benzene rings is 1. The third-order valence-electron chi connectivity index (χ3n) is 2.99. The molecule has 1 saturated carbocycles. The van der Waals surface area contributed by atoms with E-state index in [4.69, 9.17) is 23.2 Å². The molecule has 92 valence electrons. The highest BCUT2D eigenvalue weighted by Crippen LogP contribution is 2.53. The van der Waals surface area contributed by atoms with Gasteiger partial charge in [-0.15, -0.1) is 23.2 Å². The number of hydrogen-bond acceptors (Lipinski definition) is 1. The summed E-state index contributed by atoms with van der Waals surface area (Å²) >= 11 is 11.7. The van der Waals surface area contributed by atoms with Crippen molar-refractivity contribution in [3.8, 4) is 0 Å². The van der Waals surface area contributed by atoms with Crippen molar-refractivity contribution in [1.82, 2.24) is 0 Å². The van der Waals surface area contributed by atoms with E-state index in [0.29, 0.717) is 12.3 Å². The Morgan fingerprint density at radius 2 is 1.88 bits per heavy atom. The van der Waals surface area contributed by atoms with Gasteiger partial charge in [-0.2, -0.15) is 0 Å². The number of carbonyl (C=O) groups is 1. The molecule has 1 amide bonds. The van der Waals surface area contributed by atoms with E-state index in [0.717, 1.165) is 5.69 Å². The third kappa shape index (κ3) is 2.93. The van der Waals surface area contributed by atoms with Gasteiger partial charge in [0.2, 0.25) is 5.91 Å². The van der Waals surface area contributed by atoms with E-state index in [-0.39, 0.29) is 11.8 Å². The average molecular weight is 272 g/mol. The molecule has 2 nitrogen and oxygen atoms in total. The largest absolute Gasteiger partial charge is 0.326 e. The zero-order chi connectivity index (χ0) is 12.6. The molecular formula is C13H15Cl2NO. The van der Waals surface area contributed by atoms with Gasteiger partial charge >= 0.3 is 0 Å². The van der Waals surface area contributed by atoms with Crippen LogP contribution in [0.2, 0.25) is 0 Å². The molecule has 0 heterocycles. The smallest absolute Gasteiger partial charge is 0.230 e. The molecule has 0 aliphatic heterocycles. The topological polar surface area (TPSA) is 29.1 Å². The molecule has 1 fully saturated rings. The van der Waals surface area contributed by atoms with Gasteiger partial charge in [0.05, 0.1) is 5.92 Å². The lowest BCUT2D eigenvalue weighted by Crippen LogP contribution is -2.16. The van der Waals surface area contributed by atoms with E-state index in [1.54, 1.807) is 0 Å². The van der Waals surface area contributed by atoms with Crippen molar-refractivity contribution >= 4 is 34.8 Å². The maximum atomic E-state index is 11.7. The van der Waals surface area contributed by atoms with Gasteiger partial charge in [-0.3, -0.25) is 4.79 Å². The number of anilines is 1. The molecular weight excluding hydrogens is 257 g/mol. The summed E-state index contributed by atoms with van der Waals surface area (Å²) in [5.41, 5.74) is 2.04. The molecule has 1 atom stereocenters. The van der Waals surface area contributed by atoms with Crippen molar-refractivity contribution < 1.29 is 4.79 Å². The molecule has 0 bridgehead atoms. The quantitative estimate of drug-likeness (QED) is 0.829. The number of rotatable bonds is 3. The van der Waals surface area contributed by atoms with Crippen LogP contribution >= 0.6 is 23.2 Å². The predicted molar refractivity (Wildman–Crippen MR) is 71.7 cm³/mol. The van der Waals surface area contributed by atoms with Gasteiger partial charge in [-0.25, -0.2) is 0 Å². The first kappa shape index (κ1) is 12.7. The van der Waals surface area contributed by atoms with Gasteiger partial charge in [0.25, 0.3) is 0 Å². The fraction of sp³-hybridized carbons (Fsp3) is 0.462. The summed E-state index contributed by atoms with van der Waals surface area (Å²) in [6, 6.07) is 7.84.